The van der Waals surface area contributed by atoms with E-state index in [1.807, 2.05) is 37.3 Å². The Bertz CT molecular complexity index is 948. The van der Waals surface area contributed by atoms with Crippen molar-refractivity contribution < 1.29 is 13.2 Å². The largest absolute Gasteiger partial charge is 0.497 e. The van der Waals surface area contributed by atoms with Gasteiger partial charge < -0.3 is 4.74 Å². The first kappa shape index (κ1) is 15.4. The van der Waals surface area contributed by atoms with E-state index in [1.165, 1.54) is 0 Å². The van der Waals surface area contributed by atoms with Crippen molar-refractivity contribution in [1.82, 2.24) is 0 Å². The molecule has 0 saturated carbocycles. The lowest BCUT2D eigenvalue weighted by atomic mass is 10.1. The fraction of sp³-hybridized carbons (Fsp3) is 0.111. The Balaban J connectivity index is 1.96. The molecule has 118 valence electrons. The van der Waals surface area contributed by atoms with Gasteiger partial charge >= 0.3 is 0 Å². The van der Waals surface area contributed by atoms with Crippen molar-refractivity contribution in [3.8, 4) is 5.75 Å². The lowest BCUT2D eigenvalue weighted by molar-refractivity contribution is 0.415. The standard InChI is InChI=1S/C18H17NO3S/c1-13-3-7-16(8-4-13)19-23(20,21)18-10-6-14-11-17(22-2)9-5-15(14)12-18/h3-12,19H,1-2H3. The van der Waals surface area contributed by atoms with Gasteiger partial charge in [-0.15, -0.1) is 0 Å². The van der Waals surface area contributed by atoms with Crippen molar-refractivity contribution in [2.24, 2.45) is 0 Å². The van der Waals surface area contributed by atoms with Gasteiger partial charge in [0, 0.05) is 5.69 Å². The first-order chi connectivity index (χ1) is 11.0. The Morgan fingerprint density at radius 2 is 1.52 bits per heavy atom. The number of nitrogens with one attached hydrogen (secondary N) is 1. The first-order valence-electron chi connectivity index (χ1n) is 7.15. The molecule has 0 saturated heterocycles. The van der Waals surface area contributed by atoms with Crippen LogP contribution >= 0.6 is 0 Å². The van der Waals surface area contributed by atoms with E-state index in [1.54, 1.807) is 37.4 Å². The predicted octanol–water partition coefficient (Wildman–Crippen LogP) is 3.96. The molecule has 0 spiro atoms. The molecule has 0 unspecified atom stereocenters. The van der Waals surface area contributed by atoms with Gasteiger partial charge in [-0.25, -0.2) is 8.42 Å². The topological polar surface area (TPSA) is 55.4 Å². The van der Waals surface area contributed by atoms with Crippen LogP contribution in [0, 0.1) is 6.92 Å². The van der Waals surface area contributed by atoms with Crippen LogP contribution in [0.25, 0.3) is 10.8 Å². The van der Waals surface area contributed by atoms with E-state index in [0.29, 0.717) is 5.69 Å². The van der Waals surface area contributed by atoms with E-state index in [4.69, 9.17) is 4.74 Å². The smallest absolute Gasteiger partial charge is 0.261 e. The van der Waals surface area contributed by atoms with Crippen molar-refractivity contribution in [3.05, 3.63) is 66.2 Å². The van der Waals surface area contributed by atoms with Crippen LogP contribution < -0.4 is 9.46 Å². The Morgan fingerprint density at radius 1 is 0.870 bits per heavy atom. The van der Waals surface area contributed by atoms with Crippen LogP contribution in [0.4, 0.5) is 5.69 Å². The average molecular weight is 327 g/mol. The molecule has 3 rings (SSSR count). The molecule has 0 aromatic heterocycles. The van der Waals surface area contributed by atoms with E-state index >= 15 is 0 Å². The van der Waals surface area contributed by atoms with Crippen LogP contribution in [0.2, 0.25) is 0 Å². The average Bonchev–Trinajstić information content (AvgIpc) is 2.55. The maximum atomic E-state index is 12.5. The van der Waals surface area contributed by atoms with Crippen molar-refractivity contribution in [1.29, 1.82) is 0 Å². The third-order valence-electron chi connectivity index (χ3n) is 3.63. The summed E-state index contributed by atoms with van der Waals surface area (Å²) in [6.07, 6.45) is 0. The second kappa shape index (κ2) is 5.93. The summed E-state index contributed by atoms with van der Waals surface area (Å²) in [6.45, 7) is 1.95. The summed E-state index contributed by atoms with van der Waals surface area (Å²) in [4.78, 5) is 0.232. The van der Waals surface area contributed by atoms with Gasteiger partial charge in [-0.05, 0) is 54.1 Å². The van der Waals surface area contributed by atoms with Gasteiger partial charge in [0.1, 0.15) is 5.75 Å². The summed E-state index contributed by atoms with van der Waals surface area (Å²) < 4.78 is 32.8. The number of ether oxygens (including phenoxy) is 1. The molecule has 0 aliphatic carbocycles. The zero-order valence-corrected chi connectivity index (χ0v) is 13.7. The Hall–Kier alpha value is -2.53. The second-order valence-corrected chi connectivity index (χ2v) is 7.03. The number of anilines is 1. The number of benzene rings is 3. The maximum absolute atomic E-state index is 12.5. The molecule has 5 heteroatoms. The molecular formula is C18H17NO3S. The number of hydrogen-bond donors (Lipinski definition) is 1. The predicted molar refractivity (Wildman–Crippen MR) is 92.5 cm³/mol. The summed E-state index contributed by atoms with van der Waals surface area (Å²) in [7, 11) is -2.01. The monoisotopic (exact) mass is 327 g/mol. The lowest BCUT2D eigenvalue weighted by Gasteiger charge is -2.10. The lowest BCUT2D eigenvalue weighted by Crippen LogP contribution is -2.12. The summed E-state index contributed by atoms with van der Waals surface area (Å²) in [5.74, 6) is 0.742. The Labute approximate surface area is 135 Å². The minimum absolute atomic E-state index is 0.232. The van der Waals surface area contributed by atoms with Gasteiger partial charge in [-0.3, -0.25) is 4.72 Å². The highest BCUT2D eigenvalue weighted by atomic mass is 32.2. The number of sulfonamides is 1. The summed E-state index contributed by atoms with van der Waals surface area (Å²) in [6, 6.07) is 17.8. The number of rotatable bonds is 4. The molecule has 23 heavy (non-hydrogen) atoms. The first-order valence-corrected chi connectivity index (χ1v) is 8.63. The number of fused-ring (bicyclic) bond motifs is 1. The fourth-order valence-corrected chi connectivity index (χ4v) is 3.43. The molecule has 0 amide bonds. The van der Waals surface area contributed by atoms with Crippen LogP contribution in [0.1, 0.15) is 5.56 Å². The van der Waals surface area contributed by atoms with Gasteiger partial charge in [0.2, 0.25) is 0 Å². The molecule has 0 aliphatic heterocycles. The highest BCUT2D eigenvalue weighted by Gasteiger charge is 2.14. The molecule has 3 aromatic carbocycles. The molecule has 0 heterocycles. The molecule has 4 nitrogen and oxygen atoms in total. The van der Waals surface area contributed by atoms with Gasteiger partial charge in [0.15, 0.2) is 0 Å². The molecule has 1 N–H and O–H groups in total. The summed E-state index contributed by atoms with van der Waals surface area (Å²) in [5.41, 5.74) is 1.62. The third-order valence-corrected chi connectivity index (χ3v) is 5.01. The normalized spacial score (nSPS) is 11.4. The number of hydrogen-bond acceptors (Lipinski definition) is 3. The summed E-state index contributed by atoms with van der Waals surface area (Å²) in [5, 5.41) is 1.77. The van der Waals surface area contributed by atoms with Crippen molar-refractivity contribution >= 4 is 26.5 Å². The maximum Gasteiger partial charge on any atom is 0.261 e. The van der Waals surface area contributed by atoms with Crippen LogP contribution in [-0.4, -0.2) is 15.5 Å². The third kappa shape index (κ3) is 3.29. The minimum Gasteiger partial charge on any atom is -0.497 e. The van der Waals surface area contributed by atoms with Gasteiger partial charge in [-0.1, -0.05) is 29.8 Å². The molecule has 0 bridgehead atoms. The van der Waals surface area contributed by atoms with Crippen LogP contribution in [-0.2, 0) is 10.0 Å². The molecular weight excluding hydrogens is 310 g/mol. The summed E-state index contributed by atoms with van der Waals surface area (Å²) >= 11 is 0. The number of methoxy groups -OCH3 is 1. The molecule has 0 radical (unpaired) electrons. The zero-order chi connectivity index (χ0) is 16.4. The van der Waals surface area contributed by atoms with Crippen LogP contribution in [0.5, 0.6) is 5.75 Å². The van der Waals surface area contributed by atoms with Gasteiger partial charge in [-0.2, -0.15) is 0 Å². The molecule has 0 aliphatic rings. The van der Waals surface area contributed by atoms with E-state index in [0.717, 1.165) is 22.1 Å². The second-order valence-electron chi connectivity index (χ2n) is 5.35. The van der Waals surface area contributed by atoms with Crippen molar-refractivity contribution in [2.75, 3.05) is 11.8 Å². The quantitative estimate of drug-likeness (QED) is 0.789. The van der Waals surface area contributed by atoms with Crippen molar-refractivity contribution in [3.63, 3.8) is 0 Å². The van der Waals surface area contributed by atoms with Gasteiger partial charge in [0.25, 0.3) is 10.0 Å². The molecule has 3 aromatic rings. The molecule has 0 atom stereocenters. The Kier molecular flexibility index (Phi) is 3.96. The minimum atomic E-state index is -3.61. The highest BCUT2D eigenvalue weighted by Crippen LogP contribution is 2.24. The number of aryl methyl sites for hydroxylation is 1. The SMILES string of the molecule is COc1ccc2cc(S(=O)(=O)Nc3ccc(C)cc3)ccc2c1. The highest BCUT2D eigenvalue weighted by molar-refractivity contribution is 7.92. The van der Waals surface area contributed by atoms with Gasteiger partial charge in [0.05, 0.1) is 12.0 Å². The van der Waals surface area contributed by atoms with Crippen LogP contribution in [0.15, 0.2) is 65.6 Å². The zero-order valence-electron chi connectivity index (χ0n) is 12.9. The van der Waals surface area contributed by atoms with E-state index < -0.39 is 10.0 Å². The molecule has 0 fully saturated rings. The Morgan fingerprint density at radius 3 is 2.22 bits per heavy atom. The van der Waals surface area contributed by atoms with Crippen molar-refractivity contribution in [2.45, 2.75) is 11.8 Å². The van der Waals surface area contributed by atoms with E-state index in [2.05, 4.69) is 4.72 Å². The van der Waals surface area contributed by atoms with Crippen LogP contribution in [0.3, 0.4) is 0 Å². The fourth-order valence-electron chi connectivity index (χ4n) is 2.33. The van der Waals surface area contributed by atoms with E-state index in [-0.39, 0.29) is 4.90 Å². The van der Waals surface area contributed by atoms with E-state index in [9.17, 15) is 8.42 Å².